The van der Waals surface area contributed by atoms with Gasteiger partial charge >= 0.3 is 23.9 Å². The number of aromatic amines is 1. The first kappa shape index (κ1) is 25.1. The Labute approximate surface area is 186 Å². The maximum atomic E-state index is 11.9. The molecule has 1 aromatic rings. The van der Waals surface area contributed by atoms with Crippen molar-refractivity contribution in [3.8, 4) is 0 Å². The second-order valence-electron chi connectivity index (χ2n) is 6.88. The zero-order valence-electron chi connectivity index (χ0n) is 18.0. The van der Waals surface area contributed by atoms with Gasteiger partial charge in [-0.3, -0.25) is 29.0 Å². The first-order chi connectivity index (χ1) is 14.9. The van der Waals surface area contributed by atoms with E-state index in [1.807, 2.05) is 0 Å². The van der Waals surface area contributed by atoms with Gasteiger partial charge < -0.3 is 23.7 Å². The number of carbonyl (C=O) groups is 4. The molecule has 32 heavy (non-hydrogen) atoms. The monoisotopic (exact) mass is 473 g/mol. The first-order valence-corrected chi connectivity index (χ1v) is 9.81. The molecule has 1 saturated heterocycles. The summed E-state index contributed by atoms with van der Waals surface area (Å²) in [5, 5.41) is 4.08. The molecule has 1 aliphatic heterocycles. The van der Waals surface area contributed by atoms with Crippen LogP contribution in [0.25, 0.3) is 0 Å². The largest absolute Gasteiger partial charge is 0.463 e. The highest BCUT2D eigenvalue weighted by Gasteiger charge is 2.53. The molecule has 5 atom stereocenters. The van der Waals surface area contributed by atoms with Gasteiger partial charge in [0.1, 0.15) is 18.4 Å². The third-order valence-corrected chi connectivity index (χ3v) is 4.51. The molecule has 1 aliphatic rings. The van der Waals surface area contributed by atoms with Gasteiger partial charge in [0.2, 0.25) is 0 Å². The normalized spacial score (nSPS) is 24.8. The molecule has 0 bridgehead atoms. The number of esters is 4. The summed E-state index contributed by atoms with van der Waals surface area (Å²) in [6.07, 6.45) is -6.58. The summed E-state index contributed by atoms with van der Waals surface area (Å²) >= 11 is 5.16. The molecule has 1 fully saturated rings. The van der Waals surface area contributed by atoms with Gasteiger partial charge in [-0.2, -0.15) is 5.10 Å². The molecule has 2 rings (SSSR count). The fourth-order valence-corrected chi connectivity index (χ4v) is 3.31. The van der Waals surface area contributed by atoms with Crippen LogP contribution in [-0.2, 0) is 42.9 Å². The quantitative estimate of drug-likeness (QED) is 0.331. The Morgan fingerprint density at radius 1 is 0.969 bits per heavy atom. The number of H-pyrrole nitrogens is 1. The number of hydrogen-bond acceptors (Lipinski definition) is 12. The molecule has 0 spiro atoms. The van der Waals surface area contributed by atoms with Gasteiger partial charge in [-0.15, -0.1) is 0 Å². The molecule has 176 valence electrons. The molecule has 13 nitrogen and oxygen atoms in total. The van der Waals surface area contributed by atoms with Crippen LogP contribution >= 0.6 is 12.2 Å². The van der Waals surface area contributed by atoms with E-state index in [2.05, 4.69) is 10.1 Å². The summed E-state index contributed by atoms with van der Waals surface area (Å²) in [5.41, 5.74) is -0.525. The second kappa shape index (κ2) is 10.5. The molecule has 1 aromatic heterocycles. The topological polar surface area (TPSA) is 165 Å². The fourth-order valence-electron chi connectivity index (χ4n) is 3.07. The fraction of sp³-hybridized carbons (Fsp3) is 0.611. The molecule has 0 aliphatic carbocycles. The summed E-state index contributed by atoms with van der Waals surface area (Å²) < 4.78 is 27.8. The Morgan fingerprint density at radius 3 is 2.03 bits per heavy atom. The lowest BCUT2D eigenvalue weighted by Gasteiger charge is -2.44. The van der Waals surface area contributed by atoms with E-state index in [-0.39, 0.29) is 10.5 Å². The Kier molecular flexibility index (Phi) is 8.21. The van der Waals surface area contributed by atoms with Crippen molar-refractivity contribution in [3.05, 3.63) is 20.8 Å². The van der Waals surface area contributed by atoms with E-state index < -0.39 is 66.7 Å². The average Bonchev–Trinajstić information content (AvgIpc) is 2.65. The van der Waals surface area contributed by atoms with Crippen LogP contribution in [0.3, 0.4) is 0 Å². The lowest BCUT2D eigenvalue weighted by atomic mass is 9.97. The zero-order chi connectivity index (χ0) is 24.2. The Balaban J connectivity index is 2.65. The van der Waals surface area contributed by atoms with Crippen LogP contribution in [0.15, 0.2) is 4.79 Å². The molecular weight excluding hydrogens is 450 g/mol. The van der Waals surface area contributed by atoms with Crippen LogP contribution in [-0.4, -0.2) is 69.7 Å². The standard InChI is InChI=1S/C18H23N3O10S/c1-7-16(26)19-18(32)21(20-7)17-15(30-11(5)25)14(29-10(4)24)13(28-9(3)23)12(31-17)6-27-8(2)22/h12-15,17H,6H2,1-5H3,(H,19,26,32). The van der Waals surface area contributed by atoms with Crippen molar-refractivity contribution in [2.75, 3.05) is 6.61 Å². The summed E-state index contributed by atoms with van der Waals surface area (Å²) in [6.45, 7) is 5.51. The van der Waals surface area contributed by atoms with E-state index in [0.29, 0.717) is 0 Å². The lowest BCUT2D eigenvalue weighted by molar-refractivity contribution is -0.271. The van der Waals surface area contributed by atoms with Gasteiger partial charge in [0.15, 0.2) is 29.3 Å². The number of nitrogens with one attached hydrogen (secondary N) is 1. The third-order valence-electron chi connectivity index (χ3n) is 4.22. The molecule has 1 N–H and O–H groups in total. The van der Waals surface area contributed by atoms with Crippen LogP contribution < -0.4 is 5.56 Å². The van der Waals surface area contributed by atoms with Crippen LogP contribution in [0.5, 0.6) is 0 Å². The van der Waals surface area contributed by atoms with Crippen molar-refractivity contribution in [3.63, 3.8) is 0 Å². The van der Waals surface area contributed by atoms with Crippen molar-refractivity contribution in [2.24, 2.45) is 0 Å². The SMILES string of the molecule is CC(=O)OCC1OC(n2nc(C)c(=O)[nH]c2=S)C(OC(C)=O)C(OC(C)=O)C1OC(C)=O. The van der Waals surface area contributed by atoms with Gasteiger partial charge in [-0.25, -0.2) is 4.68 Å². The number of rotatable bonds is 6. The highest BCUT2D eigenvalue weighted by Crippen LogP contribution is 2.34. The van der Waals surface area contributed by atoms with Crippen molar-refractivity contribution in [2.45, 2.75) is 65.3 Å². The smallest absolute Gasteiger partial charge is 0.303 e. The number of aryl methyl sites for hydroxylation is 1. The van der Waals surface area contributed by atoms with E-state index in [1.54, 1.807) is 0 Å². The highest BCUT2D eigenvalue weighted by molar-refractivity contribution is 7.71. The van der Waals surface area contributed by atoms with E-state index in [1.165, 1.54) is 6.92 Å². The Bertz CT molecular complexity index is 1020. The summed E-state index contributed by atoms with van der Waals surface area (Å²) in [6, 6.07) is 0. The number of ether oxygens (including phenoxy) is 5. The Morgan fingerprint density at radius 2 is 1.50 bits per heavy atom. The van der Waals surface area contributed by atoms with E-state index in [0.717, 1.165) is 32.4 Å². The van der Waals surface area contributed by atoms with Crippen LogP contribution in [0.2, 0.25) is 0 Å². The van der Waals surface area contributed by atoms with Gasteiger partial charge in [-0.1, -0.05) is 0 Å². The minimum Gasteiger partial charge on any atom is -0.463 e. The second-order valence-corrected chi connectivity index (χ2v) is 7.27. The number of nitrogens with zero attached hydrogens (tertiary/aromatic N) is 2. The molecule has 0 amide bonds. The van der Waals surface area contributed by atoms with Gasteiger partial charge in [0, 0.05) is 27.7 Å². The summed E-state index contributed by atoms with van der Waals surface area (Å²) in [4.78, 5) is 61.0. The van der Waals surface area contributed by atoms with E-state index in [9.17, 15) is 24.0 Å². The van der Waals surface area contributed by atoms with Crippen molar-refractivity contribution < 1.29 is 42.9 Å². The number of carbonyl (C=O) groups excluding carboxylic acids is 4. The van der Waals surface area contributed by atoms with Gasteiger partial charge in [-0.05, 0) is 19.1 Å². The van der Waals surface area contributed by atoms with Crippen molar-refractivity contribution in [1.29, 1.82) is 0 Å². The minimum atomic E-state index is -1.39. The minimum absolute atomic E-state index is 0.0199. The molecule has 14 heteroatoms. The number of hydrogen-bond donors (Lipinski definition) is 1. The van der Waals surface area contributed by atoms with Crippen molar-refractivity contribution >= 4 is 36.1 Å². The summed E-state index contributed by atoms with van der Waals surface area (Å²) in [7, 11) is 0. The third kappa shape index (κ3) is 6.20. The molecule has 2 heterocycles. The highest BCUT2D eigenvalue weighted by atomic mass is 32.1. The van der Waals surface area contributed by atoms with Crippen LogP contribution in [0.1, 0.15) is 39.6 Å². The predicted molar refractivity (Wildman–Crippen MR) is 106 cm³/mol. The average molecular weight is 473 g/mol. The van der Waals surface area contributed by atoms with Crippen molar-refractivity contribution in [1.82, 2.24) is 14.8 Å². The van der Waals surface area contributed by atoms with Crippen LogP contribution in [0.4, 0.5) is 0 Å². The van der Waals surface area contributed by atoms with Gasteiger partial charge in [0.05, 0.1) is 0 Å². The van der Waals surface area contributed by atoms with E-state index >= 15 is 0 Å². The van der Waals surface area contributed by atoms with Gasteiger partial charge in [0.25, 0.3) is 5.56 Å². The predicted octanol–water partition coefficient (Wildman–Crippen LogP) is -0.135. The lowest BCUT2D eigenvalue weighted by Crippen LogP contribution is -2.61. The molecule has 0 saturated carbocycles. The maximum Gasteiger partial charge on any atom is 0.303 e. The molecule has 5 unspecified atom stereocenters. The molecule has 0 aromatic carbocycles. The first-order valence-electron chi connectivity index (χ1n) is 9.41. The maximum absolute atomic E-state index is 11.9. The zero-order valence-corrected chi connectivity index (χ0v) is 18.8. The van der Waals surface area contributed by atoms with Crippen LogP contribution in [0, 0.1) is 11.7 Å². The molecular formula is C18H23N3O10S. The molecule has 0 radical (unpaired) electrons. The Hall–Kier alpha value is -3.13. The van der Waals surface area contributed by atoms with E-state index in [4.69, 9.17) is 35.9 Å². The summed E-state index contributed by atoms with van der Waals surface area (Å²) in [5.74, 6) is -2.94. The number of aromatic nitrogens is 3.